The number of hydrogen-bond donors (Lipinski definition) is 3. The number of rotatable bonds is 5. The van der Waals surface area contributed by atoms with E-state index < -0.39 is 21.8 Å². The van der Waals surface area contributed by atoms with E-state index >= 15 is 0 Å². The first-order chi connectivity index (χ1) is 9.37. The zero-order valence-electron chi connectivity index (χ0n) is 11.0. The van der Waals surface area contributed by atoms with Gasteiger partial charge in [-0.15, -0.1) is 0 Å². The van der Waals surface area contributed by atoms with Crippen molar-refractivity contribution in [2.45, 2.75) is 12.5 Å². The molecule has 0 spiro atoms. The Labute approximate surface area is 116 Å². The fraction of sp³-hybridized carbons (Fsp3) is 0.333. The SMILES string of the molecule is CS(=O)(=O)CCC(N)C(=O)Nc1cccc2cn[nH]c12. The summed E-state index contributed by atoms with van der Waals surface area (Å²) in [6.45, 7) is 0. The molecule has 108 valence electrons. The number of nitrogens with zero attached hydrogens (tertiary/aromatic N) is 1. The van der Waals surface area contributed by atoms with E-state index in [1.54, 1.807) is 18.3 Å². The number of amides is 1. The Morgan fingerprint density at radius 3 is 2.95 bits per heavy atom. The quantitative estimate of drug-likeness (QED) is 0.731. The van der Waals surface area contributed by atoms with Crippen LogP contribution in [0.2, 0.25) is 0 Å². The molecule has 0 bridgehead atoms. The van der Waals surface area contributed by atoms with Gasteiger partial charge in [-0.25, -0.2) is 8.42 Å². The van der Waals surface area contributed by atoms with Crippen molar-refractivity contribution in [2.24, 2.45) is 5.73 Å². The third-order valence-electron chi connectivity index (χ3n) is 2.87. The molecule has 1 aromatic heterocycles. The highest BCUT2D eigenvalue weighted by Crippen LogP contribution is 2.20. The van der Waals surface area contributed by atoms with Crippen LogP contribution in [-0.2, 0) is 14.6 Å². The van der Waals surface area contributed by atoms with Crippen molar-refractivity contribution < 1.29 is 13.2 Å². The van der Waals surface area contributed by atoms with Crippen LogP contribution in [0.5, 0.6) is 0 Å². The predicted molar refractivity (Wildman–Crippen MR) is 77.0 cm³/mol. The number of anilines is 1. The van der Waals surface area contributed by atoms with E-state index in [4.69, 9.17) is 5.73 Å². The van der Waals surface area contributed by atoms with Crippen molar-refractivity contribution in [3.63, 3.8) is 0 Å². The minimum Gasteiger partial charge on any atom is -0.323 e. The molecular formula is C12H16N4O3S. The molecule has 1 atom stereocenters. The Morgan fingerprint density at radius 2 is 2.25 bits per heavy atom. The maximum absolute atomic E-state index is 11.9. The third kappa shape index (κ3) is 3.55. The van der Waals surface area contributed by atoms with E-state index in [1.165, 1.54) is 0 Å². The second-order valence-electron chi connectivity index (χ2n) is 4.65. The number of aromatic amines is 1. The van der Waals surface area contributed by atoms with Crippen LogP contribution >= 0.6 is 0 Å². The summed E-state index contributed by atoms with van der Waals surface area (Å²) in [4.78, 5) is 11.9. The van der Waals surface area contributed by atoms with Crippen molar-refractivity contribution in [1.82, 2.24) is 10.2 Å². The molecule has 4 N–H and O–H groups in total. The van der Waals surface area contributed by atoms with Crippen LogP contribution in [0.3, 0.4) is 0 Å². The summed E-state index contributed by atoms with van der Waals surface area (Å²) in [5, 5.41) is 10.2. The molecule has 0 aliphatic carbocycles. The molecule has 0 saturated heterocycles. The van der Waals surface area contributed by atoms with Gasteiger partial charge < -0.3 is 11.1 Å². The first-order valence-corrected chi connectivity index (χ1v) is 8.09. The van der Waals surface area contributed by atoms with E-state index in [0.717, 1.165) is 11.6 Å². The van der Waals surface area contributed by atoms with E-state index in [0.29, 0.717) is 11.2 Å². The molecule has 0 saturated carbocycles. The average molecular weight is 296 g/mol. The second kappa shape index (κ2) is 5.59. The Kier molecular flexibility index (Phi) is 4.05. The summed E-state index contributed by atoms with van der Waals surface area (Å²) < 4.78 is 22.1. The molecule has 0 aliphatic rings. The normalized spacial score (nSPS) is 13.3. The molecule has 2 aromatic rings. The van der Waals surface area contributed by atoms with Gasteiger partial charge in [0.25, 0.3) is 0 Å². The fourth-order valence-electron chi connectivity index (χ4n) is 1.77. The van der Waals surface area contributed by atoms with Gasteiger partial charge in [-0.1, -0.05) is 12.1 Å². The summed E-state index contributed by atoms with van der Waals surface area (Å²) in [5.74, 6) is -0.536. The molecular weight excluding hydrogens is 280 g/mol. The zero-order chi connectivity index (χ0) is 14.8. The van der Waals surface area contributed by atoms with Crippen molar-refractivity contribution in [1.29, 1.82) is 0 Å². The van der Waals surface area contributed by atoms with Crippen molar-refractivity contribution in [3.05, 3.63) is 24.4 Å². The van der Waals surface area contributed by atoms with Crippen LogP contribution in [0.4, 0.5) is 5.69 Å². The summed E-state index contributed by atoms with van der Waals surface area (Å²) >= 11 is 0. The number of H-pyrrole nitrogens is 1. The minimum atomic E-state index is -3.13. The maximum atomic E-state index is 11.9. The lowest BCUT2D eigenvalue weighted by atomic mass is 10.2. The first-order valence-electron chi connectivity index (χ1n) is 6.03. The van der Waals surface area contributed by atoms with E-state index in [-0.39, 0.29) is 12.2 Å². The topological polar surface area (TPSA) is 118 Å². The van der Waals surface area contributed by atoms with Crippen LogP contribution in [0.1, 0.15) is 6.42 Å². The molecule has 7 nitrogen and oxygen atoms in total. The maximum Gasteiger partial charge on any atom is 0.241 e. The third-order valence-corrected chi connectivity index (χ3v) is 3.85. The van der Waals surface area contributed by atoms with Crippen molar-refractivity contribution in [2.75, 3.05) is 17.3 Å². The largest absolute Gasteiger partial charge is 0.323 e. The molecule has 1 unspecified atom stereocenters. The number of sulfone groups is 1. The lowest BCUT2D eigenvalue weighted by Gasteiger charge is -2.12. The van der Waals surface area contributed by atoms with Crippen molar-refractivity contribution >= 4 is 32.3 Å². The standard InChI is InChI=1S/C12H16N4O3S/c1-20(18,19)6-5-9(13)12(17)15-10-4-2-3-8-7-14-16-11(8)10/h2-4,7,9H,5-6,13H2,1H3,(H,14,16)(H,15,17). The molecule has 0 radical (unpaired) electrons. The minimum absolute atomic E-state index is 0.0869. The second-order valence-corrected chi connectivity index (χ2v) is 6.91. The highest BCUT2D eigenvalue weighted by molar-refractivity contribution is 7.90. The van der Waals surface area contributed by atoms with Gasteiger partial charge >= 0.3 is 0 Å². The van der Waals surface area contributed by atoms with Crippen LogP contribution in [0.15, 0.2) is 24.4 Å². The Hall–Kier alpha value is -1.93. The molecule has 1 aromatic carbocycles. The summed E-state index contributed by atoms with van der Waals surface area (Å²) in [6, 6.07) is 4.50. The van der Waals surface area contributed by atoms with Gasteiger partial charge in [0.1, 0.15) is 9.84 Å². The van der Waals surface area contributed by atoms with Crippen molar-refractivity contribution in [3.8, 4) is 0 Å². The zero-order valence-corrected chi connectivity index (χ0v) is 11.8. The van der Waals surface area contributed by atoms with Gasteiger partial charge in [0.2, 0.25) is 5.91 Å². The Balaban J connectivity index is 2.06. The van der Waals surface area contributed by atoms with Crippen LogP contribution in [-0.4, -0.2) is 42.6 Å². The molecule has 0 fully saturated rings. The molecule has 0 aliphatic heterocycles. The van der Waals surface area contributed by atoms with E-state index in [9.17, 15) is 13.2 Å². The average Bonchev–Trinajstić information content (AvgIpc) is 2.84. The molecule has 8 heteroatoms. The number of para-hydroxylation sites is 1. The summed E-state index contributed by atoms with van der Waals surface area (Å²) in [5.41, 5.74) is 6.96. The predicted octanol–water partition coefficient (Wildman–Crippen LogP) is 0.263. The summed E-state index contributed by atoms with van der Waals surface area (Å²) in [7, 11) is -3.13. The number of benzene rings is 1. The molecule has 2 rings (SSSR count). The van der Waals surface area contributed by atoms with Gasteiger partial charge in [-0.2, -0.15) is 5.10 Å². The first kappa shape index (κ1) is 14.5. The smallest absolute Gasteiger partial charge is 0.241 e. The Morgan fingerprint density at radius 1 is 1.50 bits per heavy atom. The molecule has 1 amide bonds. The van der Waals surface area contributed by atoms with Crippen LogP contribution < -0.4 is 11.1 Å². The highest BCUT2D eigenvalue weighted by atomic mass is 32.2. The van der Waals surface area contributed by atoms with Gasteiger partial charge in [-0.3, -0.25) is 9.89 Å². The number of nitrogens with two attached hydrogens (primary N) is 1. The number of fused-ring (bicyclic) bond motifs is 1. The van der Waals surface area contributed by atoms with E-state index in [2.05, 4.69) is 15.5 Å². The van der Waals surface area contributed by atoms with Gasteiger partial charge in [0, 0.05) is 11.6 Å². The number of aromatic nitrogens is 2. The van der Waals surface area contributed by atoms with E-state index in [1.807, 2.05) is 6.07 Å². The number of nitrogens with one attached hydrogen (secondary N) is 2. The Bertz CT molecular complexity index is 723. The molecule has 20 heavy (non-hydrogen) atoms. The van der Waals surface area contributed by atoms with Gasteiger partial charge in [0.15, 0.2) is 0 Å². The number of hydrogen-bond acceptors (Lipinski definition) is 5. The summed E-state index contributed by atoms with van der Waals surface area (Å²) in [6.07, 6.45) is 2.85. The monoisotopic (exact) mass is 296 g/mol. The lowest BCUT2D eigenvalue weighted by molar-refractivity contribution is -0.117. The van der Waals surface area contributed by atoms with Crippen LogP contribution in [0.25, 0.3) is 10.9 Å². The van der Waals surface area contributed by atoms with Gasteiger partial charge in [-0.05, 0) is 12.5 Å². The highest BCUT2D eigenvalue weighted by Gasteiger charge is 2.17. The number of carbonyl (C=O) groups excluding carboxylic acids is 1. The van der Waals surface area contributed by atoms with Gasteiger partial charge in [0.05, 0.1) is 29.2 Å². The number of carbonyl (C=O) groups is 1. The fourth-order valence-corrected chi connectivity index (χ4v) is 2.45. The molecule has 1 heterocycles. The van der Waals surface area contributed by atoms with Crippen LogP contribution in [0, 0.1) is 0 Å². The lowest BCUT2D eigenvalue weighted by Crippen LogP contribution is -2.37.